The SMILES string of the molecule is NC(=S)c1cc(Cc2ccc([N+](=O)[O-])cc2)ccn1. The first-order valence-electron chi connectivity index (χ1n) is 5.54. The van der Waals surface area contributed by atoms with Crippen LogP contribution in [0.25, 0.3) is 0 Å². The third-order valence-corrected chi connectivity index (χ3v) is 2.84. The predicted octanol–water partition coefficient (Wildman–Crippen LogP) is 2.21. The second-order valence-electron chi connectivity index (χ2n) is 4.01. The van der Waals surface area contributed by atoms with Gasteiger partial charge >= 0.3 is 0 Å². The largest absolute Gasteiger partial charge is 0.388 e. The lowest BCUT2D eigenvalue weighted by Gasteiger charge is -2.04. The van der Waals surface area contributed by atoms with Crippen LogP contribution in [0.1, 0.15) is 16.8 Å². The number of nitrogens with zero attached hydrogens (tertiary/aromatic N) is 2. The highest BCUT2D eigenvalue weighted by molar-refractivity contribution is 7.80. The maximum atomic E-state index is 10.6. The molecule has 5 nitrogen and oxygen atoms in total. The van der Waals surface area contributed by atoms with Gasteiger partial charge in [-0.2, -0.15) is 0 Å². The van der Waals surface area contributed by atoms with E-state index in [9.17, 15) is 10.1 Å². The van der Waals surface area contributed by atoms with E-state index in [4.69, 9.17) is 18.0 Å². The molecule has 1 aromatic heterocycles. The standard InChI is InChI=1S/C13H11N3O2S/c14-13(19)12-8-10(5-6-15-12)7-9-1-3-11(4-2-9)16(17)18/h1-6,8H,7H2,(H2,14,19). The summed E-state index contributed by atoms with van der Waals surface area (Å²) in [5.74, 6) is 0. The molecule has 2 N–H and O–H groups in total. The van der Waals surface area contributed by atoms with Gasteiger partial charge in [-0.1, -0.05) is 24.4 Å². The van der Waals surface area contributed by atoms with Crippen molar-refractivity contribution in [3.8, 4) is 0 Å². The van der Waals surface area contributed by atoms with Crippen molar-refractivity contribution in [2.24, 2.45) is 5.73 Å². The monoisotopic (exact) mass is 273 g/mol. The minimum absolute atomic E-state index is 0.0855. The van der Waals surface area contributed by atoms with Gasteiger partial charge in [0.25, 0.3) is 5.69 Å². The van der Waals surface area contributed by atoms with Crippen LogP contribution in [0.15, 0.2) is 42.6 Å². The topological polar surface area (TPSA) is 82.0 Å². The molecule has 0 bridgehead atoms. The highest BCUT2D eigenvalue weighted by atomic mass is 32.1. The van der Waals surface area contributed by atoms with Gasteiger partial charge in [-0.15, -0.1) is 0 Å². The molecule has 0 saturated carbocycles. The molecule has 2 aromatic rings. The van der Waals surface area contributed by atoms with E-state index in [2.05, 4.69) is 4.98 Å². The fourth-order valence-electron chi connectivity index (χ4n) is 1.69. The number of hydrogen-bond acceptors (Lipinski definition) is 4. The number of hydrogen-bond donors (Lipinski definition) is 1. The van der Waals surface area contributed by atoms with Crippen molar-refractivity contribution in [2.45, 2.75) is 6.42 Å². The number of benzene rings is 1. The molecule has 0 spiro atoms. The Kier molecular flexibility index (Phi) is 3.82. The summed E-state index contributed by atoms with van der Waals surface area (Å²) in [6.07, 6.45) is 2.30. The number of nitro benzene ring substituents is 1. The molecule has 0 amide bonds. The molecule has 19 heavy (non-hydrogen) atoms. The molecule has 1 heterocycles. The van der Waals surface area contributed by atoms with Gasteiger partial charge in [0.2, 0.25) is 0 Å². The van der Waals surface area contributed by atoms with Crippen molar-refractivity contribution in [2.75, 3.05) is 0 Å². The molecule has 0 aliphatic rings. The number of nitro groups is 1. The summed E-state index contributed by atoms with van der Waals surface area (Å²) in [7, 11) is 0. The Morgan fingerprint density at radius 1 is 1.26 bits per heavy atom. The van der Waals surface area contributed by atoms with E-state index >= 15 is 0 Å². The highest BCUT2D eigenvalue weighted by Crippen LogP contribution is 2.15. The van der Waals surface area contributed by atoms with Crippen LogP contribution in [0, 0.1) is 10.1 Å². The number of aromatic nitrogens is 1. The van der Waals surface area contributed by atoms with Crippen molar-refractivity contribution in [1.82, 2.24) is 4.98 Å². The fourth-order valence-corrected chi connectivity index (χ4v) is 1.80. The molecule has 0 aliphatic heterocycles. The Labute approximate surface area is 115 Å². The molecule has 0 atom stereocenters. The molecular formula is C13H11N3O2S. The van der Waals surface area contributed by atoms with Crippen molar-refractivity contribution in [3.63, 3.8) is 0 Å². The predicted molar refractivity (Wildman–Crippen MR) is 76.0 cm³/mol. The zero-order valence-electron chi connectivity index (χ0n) is 9.95. The molecule has 2 rings (SSSR count). The van der Waals surface area contributed by atoms with Crippen LogP contribution < -0.4 is 5.73 Å². The van der Waals surface area contributed by atoms with Crippen LogP contribution in [-0.4, -0.2) is 14.9 Å². The first kappa shape index (κ1) is 13.1. The average Bonchev–Trinajstić information content (AvgIpc) is 2.39. The van der Waals surface area contributed by atoms with E-state index in [0.717, 1.165) is 11.1 Å². The number of nitrogens with two attached hydrogens (primary N) is 1. The Bertz CT molecular complexity index is 626. The summed E-state index contributed by atoms with van der Waals surface area (Å²) in [4.78, 5) is 14.5. The van der Waals surface area contributed by atoms with E-state index < -0.39 is 4.92 Å². The Morgan fingerprint density at radius 3 is 2.53 bits per heavy atom. The lowest BCUT2D eigenvalue weighted by molar-refractivity contribution is -0.384. The van der Waals surface area contributed by atoms with Crippen LogP contribution in [0.5, 0.6) is 0 Å². The number of non-ortho nitro benzene ring substituents is 1. The maximum Gasteiger partial charge on any atom is 0.269 e. The van der Waals surface area contributed by atoms with Crippen LogP contribution in [0.4, 0.5) is 5.69 Å². The number of thiocarbonyl (C=S) groups is 1. The van der Waals surface area contributed by atoms with Crippen LogP contribution in [0.3, 0.4) is 0 Å². The van der Waals surface area contributed by atoms with Crippen molar-refractivity contribution < 1.29 is 4.92 Å². The fraction of sp³-hybridized carbons (Fsp3) is 0.0769. The smallest absolute Gasteiger partial charge is 0.269 e. The molecule has 96 valence electrons. The van der Waals surface area contributed by atoms with E-state index in [0.29, 0.717) is 12.1 Å². The van der Waals surface area contributed by atoms with Gasteiger partial charge in [-0.25, -0.2) is 0 Å². The highest BCUT2D eigenvalue weighted by Gasteiger charge is 2.05. The van der Waals surface area contributed by atoms with Gasteiger partial charge in [0, 0.05) is 18.3 Å². The summed E-state index contributed by atoms with van der Waals surface area (Å²) in [5.41, 5.74) is 8.17. The van der Waals surface area contributed by atoms with Crippen molar-refractivity contribution in [3.05, 3.63) is 69.5 Å². The molecule has 0 radical (unpaired) electrons. The van der Waals surface area contributed by atoms with Crippen LogP contribution >= 0.6 is 12.2 Å². The van der Waals surface area contributed by atoms with Gasteiger partial charge in [0.15, 0.2) is 0 Å². The second-order valence-corrected chi connectivity index (χ2v) is 4.45. The van der Waals surface area contributed by atoms with Crippen molar-refractivity contribution >= 4 is 22.9 Å². The maximum absolute atomic E-state index is 10.6. The first-order valence-corrected chi connectivity index (χ1v) is 5.95. The van der Waals surface area contributed by atoms with Gasteiger partial charge in [-0.05, 0) is 29.7 Å². The summed E-state index contributed by atoms with van der Waals surface area (Å²) in [6.45, 7) is 0. The van der Waals surface area contributed by atoms with Crippen molar-refractivity contribution in [1.29, 1.82) is 0 Å². The molecule has 0 aliphatic carbocycles. The minimum atomic E-state index is -0.415. The summed E-state index contributed by atoms with van der Waals surface area (Å²) < 4.78 is 0. The molecule has 0 saturated heterocycles. The Balaban J connectivity index is 2.19. The Morgan fingerprint density at radius 2 is 1.95 bits per heavy atom. The summed E-state index contributed by atoms with van der Waals surface area (Å²) in [6, 6.07) is 10.1. The van der Waals surface area contributed by atoms with E-state index in [1.165, 1.54) is 12.1 Å². The van der Waals surface area contributed by atoms with Gasteiger partial charge in [-0.3, -0.25) is 15.1 Å². The molecule has 0 fully saturated rings. The average molecular weight is 273 g/mol. The molecule has 6 heteroatoms. The quantitative estimate of drug-likeness (QED) is 0.524. The third-order valence-electron chi connectivity index (χ3n) is 2.63. The third kappa shape index (κ3) is 3.32. The Hall–Kier alpha value is -2.34. The number of pyridine rings is 1. The molecule has 0 unspecified atom stereocenters. The summed E-state index contributed by atoms with van der Waals surface area (Å²) in [5, 5.41) is 10.6. The minimum Gasteiger partial charge on any atom is -0.388 e. The van der Waals surface area contributed by atoms with E-state index in [1.54, 1.807) is 18.3 Å². The van der Waals surface area contributed by atoms with Gasteiger partial charge < -0.3 is 5.73 Å². The lowest BCUT2D eigenvalue weighted by Crippen LogP contribution is -2.11. The zero-order valence-corrected chi connectivity index (χ0v) is 10.8. The zero-order chi connectivity index (χ0) is 13.8. The molecular weight excluding hydrogens is 262 g/mol. The van der Waals surface area contributed by atoms with Gasteiger partial charge in [0.1, 0.15) is 4.99 Å². The van der Waals surface area contributed by atoms with Crippen LogP contribution in [0.2, 0.25) is 0 Å². The van der Waals surface area contributed by atoms with Gasteiger partial charge in [0.05, 0.1) is 10.6 Å². The van der Waals surface area contributed by atoms with E-state index in [1.807, 2.05) is 12.1 Å². The number of rotatable bonds is 4. The second kappa shape index (κ2) is 5.53. The first-order chi connectivity index (χ1) is 9.06. The lowest BCUT2D eigenvalue weighted by atomic mass is 10.1. The normalized spacial score (nSPS) is 10.1. The van der Waals surface area contributed by atoms with Crippen LogP contribution in [-0.2, 0) is 6.42 Å². The molecule has 1 aromatic carbocycles. The summed E-state index contributed by atoms with van der Waals surface area (Å²) >= 11 is 4.87. The van der Waals surface area contributed by atoms with E-state index in [-0.39, 0.29) is 10.7 Å².